The van der Waals surface area contributed by atoms with Gasteiger partial charge in [-0.2, -0.15) is 11.3 Å². The largest absolute Gasteiger partial charge is 0.508 e. The van der Waals surface area contributed by atoms with E-state index in [2.05, 4.69) is 4.57 Å². The molecule has 3 nitrogen and oxygen atoms in total. The molecule has 0 fully saturated rings. The van der Waals surface area contributed by atoms with Crippen LogP contribution >= 0.6 is 11.3 Å². The van der Waals surface area contributed by atoms with Crippen molar-refractivity contribution in [2.45, 2.75) is 0 Å². The number of aromatic nitrogens is 1. The molecule has 112 valence electrons. The highest BCUT2D eigenvalue weighted by Crippen LogP contribution is 2.36. The Morgan fingerprint density at radius 2 is 1.78 bits per heavy atom. The van der Waals surface area contributed by atoms with Crippen LogP contribution in [-0.2, 0) is 0 Å². The van der Waals surface area contributed by atoms with E-state index in [1.165, 1.54) is 0 Å². The molecule has 0 atom stereocenters. The molecule has 4 heteroatoms. The van der Waals surface area contributed by atoms with Crippen molar-refractivity contribution in [2.75, 3.05) is 0 Å². The molecule has 2 aromatic carbocycles. The van der Waals surface area contributed by atoms with Crippen LogP contribution < -0.4 is 0 Å². The molecule has 0 saturated heterocycles. The van der Waals surface area contributed by atoms with Gasteiger partial charge in [-0.1, -0.05) is 18.2 Å². The van der Waals surface area contributed by atoms with E-state index in [0.29, 0.717) is 5.56 Å². The van der Waals surface area contributed by atoms with Gasteiger partial charge in [0.2, 0.25) is 0 Å². The lowest BCUT2D eigenvalue weighted by Crippen LogP contribution is -1.97. The van der Waals surface area contributed by atoms with E-state index in [9.17, 15) is 9.90 Å². The minimum absolute atomic E-state index is 0.220. The number of carbonyl (C=O) groups is 1. The number of aldehydes is 1. The second-order valence-electron chi connectivity index (χ2n) is 5.26. The lowest BCUT2D eigenvalue weighted by atomic mass is 10.1. The maximum Gasteiger partial charge on any atom is 0.152 e. The van der Waals surface area contributed by atoms with Crippen LogP contribution in [0, 0.1) is 0 Å². The lowest BCUT2D eigenvalue weighted by molar-refractivity contribution is 0.112. The highest BCUT2D eigenvalue weighted by Gasteiger charge is 2.19. The Morgan fingerprint density at radius 3 is 2.48 bits per heavy atom. The summed E-state index contributed by atoms with van der Waals surface area (Å²) >= 11 is 1.60. The molecule has 23 heavy (non-hydrogen) atoms. The predicted molar refractivity (Wildman–Crippen MR) is 93.6 cm³/mol. The summed E-state index contributed by atoms with van der Waals surface area (Å²) in [6, 6.07) is 16.9. The van der Waals surface area contributed by atoms with Crippen molar-refractivity contribution in [1.82, 2.24) is 4.57 Å². The molecule has 0 saturated carbocycles. The van der Waals surface area contributed by atoms with Gasteiger partial charge >= 0.3 is 0 Å². The summed E-state index contributed by atoms with van der Waals surface area (Å²) in [5, 5.41) is 14.5. The Morgan fingerprint density at radius 1 is 1.00 bits per heavy atom. The molecule has 0 amide bonds. The van der Waals surface area contributed by atoms with Gasteiger partial charge in [-0.15, -0.1) is 0 Å². The minimum atomic E-state index is 0.220. The Labute approximate surface area is 137 Å². The Bertz CT molecular complexity index is 982. The molecule has 2 aromatic heterocycles. The molecule has 0 spiro atoms. The third kappa shape index (κ3) is 2.15. The van der Waals surface area contributed by atoms with Crippen LogP contribution in [0.1, 0.15) is 10.4 Å². The number of fused-ring (bicyclic) bond motifs is 1. The van der Waals surface area contributed by atoms with E-state index in [1.54, 1.807) is 23.5 Å². The van der Waals surface area contributed by atoms with Gasteiger partial charge in [-0.05, 0) is 41.8 Å². The third-order valence-electron chi connectivity index (χ3n) is 3.93. The molecule has 2 heterocycles. The number of aromatic hydroxyl groups is 1. The molecule has 4 rings (SSSR count). The number of phenolic OH excluding ortho intramolecular Hbond substituents is 1. The van der Waals surface area contributed by atoms with Gasteiger partial charge in [-0.3, -0.25) is 4.79 Å². The molecule has 4 aromatic rings. The van der Waals surface area contributed by atoms with Gasteiger partial charge < -0.3 is 9.67 Å². The van der Waals surface area contributed by atoms with Gasteiger partial charge in [0.15, 0.2) is 6.29 Å². The van der Waals surface area contributed by atoms with Crippen molar-refractivity contribution in [3.05, 3.63) is 70.9 Å². The summed E-state index contributed by atoms with van der Waals surface area (Å²) in [5.41, 5.74) is 4.47. The molecule has 0 bridgehead atoms. The number of phenols is 1. The average molecular weight is 319 g/mol. The van der Waals surface area contributed by atoms with Crippen molar-refractivity contribution in [2.24, 2.45) is 0 Å². The minimum Gasteiger partial charge on any atom is -0.508 e. The average Bonchev–Trinajstić information content (AvgIpc) is 3.21. The van der Waals surface area contributed by atoms with Gasteiger partial charge in [0.25, 0.3) is 0 Å². The highest BCUT2D eigenvalue weighted by molar-refractivity contribution is 7.08. The molecule has 0 aliphatic carbocycles. The smallest absolute Gasteiger partial charge is 0.152 e. The standard InChI is InChI=1S/C19H13NO2S/c21-11-17-16-3-1-2-4-18(16)20(14-5-7-15(22)8-6-14)19(17)13-9-10-23-12-13/h1-12,22H. The van der Waals surface area contributed by atoms with Crippen LogP contribution in [0.15, 0.2) is 65.4 Å². The van der Waals surface area contributed by atoms with Crippen LogP contribution in [0.25, 0.3) is 27.8 Å². The second kappa shape index (κ2) is 5.41. The summed E-state index contributed by atoms with van der Waals surface area (Å²) in [6.07, 6.45) is 0.923. The van der Waals surface area contributed by atoms with E-state index < -0.39 is 0 Å². The number of hydrogen-bond acceptors (Lipinski definition) is 3. The first-order valence-electron chi connectivity index (χ1n) is 7.20. The molecule has 0 unspecified atom stereocenters. The van der Waals surface area contributed by atoms with Crippen LogP contribution in [0.5, 0.6) is 5.75 Å². The zero-order valence-electron chi connectivity index (χ0n) is 12.1. The topological polar surface area (TPSA) is 42.2 Å². The molecule has 0 aliphatic rings. The summed E-state index contributed by atoms with van der Waals surface area (Å²) in [6.45, 7) is 0. The van der Waals surface area contributed by atoms with Crippen LogP contribution in [0.4, 0.5) is 0 Å². The fraction of sp³-hybridized carbons (Fsp3) is 0. The zero-order valence-corrected chi connectivity index (χ0v) is 13.0. The molecule has 1 N–H and O–H groups in total. The Balaban J connectivity index is 2.14. The van der Waals surface area contributed by atoms with Gasteiger partial charge in [-0.25, -0.2) is 0 Å². The normalized spacial score (nSPS) is 11.0. The van der Waals surface area contributed by atoms with E-state index in [4.69, 9.17) is 0 Å². The number of para-hydroxylation sites is 1. The number of benzene rings is 2. The second-order valence-corrected chi connectivity index (χ2v) is 6.04. The summed E-state index contributed by atoms with van der Waals surface area (Å²) in [7, 11) is 0. The summed E-state index contributed by atoms with van der Waals surface area (Å²) in [5.74, 6) is 0.220. The van der Waals surface area contributed by atoms with Crippen molar-refractivity contribution >= 4 is 28.5 Å². The number of nitrogens with zero attached hydrogens (tertiary/aromatic N) is 1. The van der Waals surface area contributed by atoms with Gasteiger partial charge in [0.05, 0.1) is 11.2 Å². The molecular formula is C19H13NO2S. The molecular weight excluding hydrogens is 306 g/mol. The number of carbonyl (C=O) groups excluding carboxylic acids is 1. The van der Waals surface area contributed by atoms with Crippen molar-refractivity contribution in [3.8, 4) is 22.7 Å². The number of rotatable bonds is 3. The van der Waals surface area contributed by atoms with Crippen molar-refractivity contribution < 1.29 is 9.90 Å². The van der Waals surface area contributed by atoms with Crippen molar-refractivity contribution in [3.63, 3.8) is 0 Å². The lowest BCUT2D eigenvalue weighted by Gasteiger charge is -2.11. The van der Waals surface area contributed by atoms with E-state index >= 15 is 0 Å². The molecule has 0 radical (unpaired) electrons. The SMILES string of the molecule is O=Cc1c(-c2ccsc2)n(-c2ccc(O)cc2)c2ccccc12. The monoisotopic (exact) mass is 319 g/mol. The fourth-order valence-electron chi connectivity index (χ4n) is 2.94. The van der Waals surface area contributed by atoms with Crippen LogP contribution in [-0.4, -0.2) is 16.0 Å². The maximum atomic E-state index is 11.8. The Hall–Kier alpha value is -2.85. The summed E-state index contributed by atoms with van der Waals surface area (Å²) < 4.78 is 2.07. The third-order valence-corrected chi connectivity index (χ3v) is 4.62. The van der Waals surface area contributed by atoms with Gasteiger partial charge in [0, 0.05) is 27.6 Å². The van der Waals surface area contributed by atoms with E-state index in [1.807, 2.05) is 53.2 Å². The van der Waals surface area contributed by atoms with E-state index in [-0.39, 0.29) is 5.75 Å². The summed E-state index contributed by atoms with van der Waals surface area (Å²) in [4.78, 5) is 11.8. The predicted octanol–water partition coefficient (Wildman–Crippen LogP) is 4.88. The Kier molecular flexibility index (Phi) is 3.24. The quantitative estimate of drug-likeness (QED) is 0.547. The first-order valence-corrected chi connectivity index (χ1v) is 8.14. The van der Waals surface area contributed by atoms with Crippen LogP contribution in [0.2, 0.25) is 0 Å². The van der Waals surface area contributed by atoms with Crippen LogP contribution in [0.3, 0.4) is 0 Å². The maximum absolute atomic E-state index is 11.8. The first-order chi connectivity index (χ1) is 11.3. The van der Waals surface area contributed by atoms with E-state index in [0.717, 1.165) is 34.1 Å². The van der Waals surface area contributed by atoms with Gasteiger partial charge in [0.1, 0.15) is 5.75 Å². The number of thiophene rings is 1. The zero-order chi connectivity index (χ0) is 15.8. The first kappa shape index (κ1) is 13.8. The van der Waals surface area contributed by atoms with Crippen molar-refractivity contribution in [1.29, 1.82) is 0 Å². The number of hydrogen-bond donors (Lipinski definition) is 1. The highest BCUT2D eigenvalue weighted by atomic mass is 32.1. The fourth-order valence-corrected chi connectivity index (χ4v) is 3.58. The molecule has 0 aliphatic heterocycles.